The van der Waals surface area contributed by atoms with E-state index >= 15 is 0 Å². The molecule has 0 atom stereocenters. The molecule has 1 saturated heterocycles. The molecule has 1 aliphatic heterocycles. The molecular formula is C19H24N2OS. The third-order valence-electron chi connectivity index (χ3n) is 4.56. The number of nitrogens with one attached hydrogen (secondary N) is 1. The van der Waals surface area contributed by atoms with E-state index in [0.717, 1.165) is 37.7 Å². The zero-order chi connectivity index (χ0) is 16.1. The van der Waals surface area contributed by atoms with E-state index in [2.05, 4.69) is 27.7 Å². The van der Waals surface area contributed by atoms with Gasteiger partial charge in [0.2, 0.25) is 0 Å². The molecule has 1 aromatic carbocycles. The summed E-state index contributed by atoms with van der Waals surface area (Å²) in [6.07, 6.45) is 2.46. The van der Waals surface area contributed by atoms with Crippen molar-refractivity contribution in [2.75, 3.05) is 26.2 Å². The first-order valence-corrected chi connectivity index (χ1v) is 9.21. The highest BCUT2D eigenvalue weighted by molar-refractivity contribution is 7.10. The largest absolute Gasteiger partial charge is 0.351 e. The van der Waals surface area contributed by atoms with Crippen molar-refractivity contribution in [2.45, 2.75) is 25.7 Å². The van der Waals surface area contributed by atoms with E-state index in [1.165, 1.54) is 23.3 Å². The fourth-order valence-corrected chi connectivity index (χ4v) is 4.00. The van der Waals surface area contributed by atoms with Gasteiger partial charge in [0.05, 0.1) is 0 Å². The van der Waals surface area contributed by atoms with E-state index < -0.39 is 0 Å². The van der Waals surface area contributed by atoms with Crippen LogP contribution in [-0.2, 0) is 0 Å². The highest BCUT2D eigenvalue weighted by Crippen LogP contribution is 2.30. The number of benzene rings is 1. The van der Waals surface area contributed by atoms with Crippen LogP contribution in [0.5, 0.6) is 0 Å². The first-order chi connectivity index (χ1) is 11.2. The number of nitrogens with zero attached hydrogens (tertiary/aromatic N) is 1. The Morgan fingerprint density at radius 3 is 2.61 bits per heavy atom. The van der Waals surface area contributed by atoms with E-state index in [-0.39, 0.29) is 5.91 Å². The van der Waals surface area contributed by atoms with Crippen molar-refractivity contribution < 1.29 is 4.79 Å². The molecule has 1 amide bonds. The Hall–Kier alpha value is -1.65. The van der Waals surface area contributed by atoms with Crippen molar-refractivity contribution in [1.82, 2.24) is 10.2 Å². The second-order valence-corrected chi connectivity index (χ2v) is 7.23. The predicted molar refractivity (Wildman–Crippen MR) is 96.2 cm³/mol. The van der Waals surface area contributed by atoms with Gasteiger partial charge in [-0.15, -0.1) is 11.3 Å². The number of hydrogen-bond acceptors (Lipinski definition) is 3. The summed E-state index contributed by atoms with van der Waals surface area (Å²) >= 11 is 1.88. The molecule has 3 nitrogen and oxygen atoms in total. The minimum absolute atomic E-state index is 0.0264. The third kappa shape index (κ3) is 4.43. The third-order valence-corrected chi connectivity index (χ3v) is 5.60. The molecule has 1 fully saturated rings. The number of likely N-dealkylation sites (tertiary alicyclic amines) is 1. The average Bonchev–Trinajstić information content (AvgIpc) is 3.10. The van der Waals surface area contributed by atoms with E-state index in [1.54, 1.807) is 0 Å². The highest BCUT2D eigenvalue weighted by Gasteiger charge is 2.20. The van der Waals surface area contributed by atoms with Crippen LogP contribution in [0, 0.1) is 6.92 Å². The molecule has 122 valence electrons. The normalized spacial score (nSPS) is 16.4. The SMILES string of the molecule is Cc1ccc(C(=O)NCCN2CCC(c3cccs3)CC2)cc1. The van der Waals surface area contributed by atoms with Crippen LogP contribution in [0.25, 0.3) is 0 Å². The van der Waals surface area contributed by atoms with Crippen molar-refractivity contribution in [3.63, 3.8) is 0 Å². The fraction of sp³-hybridized carbons (Fsp3) is 0.421. The van der Waals surface area contributed by atoms with Crippen molar-refractivity contribution in [3.05, 3.63) is 57.8 Å². The molecular weight excluding hydrogens is 304 g/mol. The van der Waals surface area contributed by atoms with Gasteiger partial charge in [-0.3, -0.25) is 4.79 Å². The summed E-state index contributed by atoms with van der Waals surface area (Å²) in [5.74, 6) is 0.756. The zero-order valence-electron chi connectivity index (χ0n) is 13.6. The van der Waals surface area contributed by atoms with Crippen LogP contribution in [0.2, 0.25) is 0 Å². The van der Waals surface area contributed by atoms with Gasteiger partial charge < -0.3 is 10.2 Å². The number of piperidine rings is 1. The second kappa shape index (κ2) is 7.75. The maximum Gasteiger partial charge on any atom is 0.251 e. The summed E-state index contributed by atoms with van der Waals surface area (Å²) in [4.78, 5) is 16.1. The van der Waals surface area contributed by atoms with Crippen molar-refractivity contribution >= 4 is 17.2 Å². The quantitative estimate of drug-likeness (QED) is 0.908. The van der Waals surface area contributed by atoms with E-state index in [1.807, 2.05) is 42.5 Å². The summed E-state index contributed by atoms with van der Waals surface area (Å²) in [7, 11) is 0. The lowest BCUT2D eigenvalue weighted by molar-refractivity contribution is 0.0946. The molecule has 3 rings (SSSR count). The first kappa shape index (κ1) is 16.2. The molecule has 0 saturated carbocycles. The number of rotatable bonds is 5. The van der Waals surface area contributed by atoms with Gasteiger partial charge in [0, 0.05) is 23.5 Å². The number of thiophene rings is 1. The maximum atomic E-state index is 12.1. The van der Waals surface area contributed by atoms with Crippen LogP contribution in [0.4, 0.5) is 0 Å². The minimum Gasteiger partial charge on any atom is -0.351 e. The Morgan fingerprint density at radius 2 is 1.96 bits per heavy atom. The standard InChI is InChI=1S/C19H24N2OS/c1-15-4-6-17(7-5-15)19(22)20-10-13-21-11-8-16(9-12-21)18-3-2-14-23-18/h2-7,14,16H,8-13H2,1H3,(H,20,22). The van der Waals surface area contributed by atoms with E-state index in [4.69, 9.17) is 0 Å². The smallest absolute Gasteiger partial charge is 0.251 e. The lowest BCUT2D eigenvalue weighted by Gasteiger charge is -2.31. The molecule has 0 unspecified atom stereocenters. The number of carbonyl (C=O) groups is 1. The zero-order valence-corrected chi connectivity index (χ0v) is 14.4. The molecule has 0 bridgehead atoms. The molecule has 0 spiro atoms. The van der Waals surface area contributed by atoms with Gasteiger partial charge in [-0.1, -0.05) is 23.8 Å². The van der Waals surface area contributed by atoms with Gasteiger partial charge in [0.1, 0.15) is 0 Å². The van der Waals surface area contributed by atoms with Gasteiger partial charge in [-0.2, -0.15) is 0 Å². The summed E-state index contributed by atoms with van der Waals surface area (Å²) in [6.45, 7) is 5.94. The van der Waals surface area contributed by atoms with Crippen molar-refractivity contribution in [3.8, 4) is 0 Å². The van der Waals surface area contributed by atoms with Gasteiger partial charge in [-0.05, 0) is 62.4 Å². The summed E-state index contributed by atoms with van der Waals surface area (Å²) < 4.78 is 0. The Morgan fingerprint density at radius 1 is 1.22 bits per heavy atom. The fourth-order valence-electron chi connectivity index (χ4n) is 3.10. The van der Waals surface area contributed by atoms with Crippen molar-refractivity contribution in [1.29, 1.82) is 0 Å². The van der Waals surface area contributed by atoms with Crippen LogP contribution < -0.4 is 5.32 Å². The highest BCUT2D eigenvalue weighted by atomic mass is 32.1. The molecule has 1 N–H and O–H groups in total. The molecule has 23 heavy (non-hydrogen) atoms. The Bertz CT molecular complexity index is 613. The van der Waals surface area contributed by atoms with Crippen LogP contribution in [0.3, 0.4) is 0 Å². The summed E-state index contributed by atoms with van der Waals surface area (Å²) in [5, 5.41) is 5.19. The number of amides is 1. The Balaban J connectivity index is 1.38. The molecule has 1 aromatic heterocycles. The Labute approximate surface area is 142 Å². The monoisotopic (exact) mass is 328 g/mol. The molecule has 2 heterocycles. The van der Waals surface area contributed by atoms with Crippen LogP contribution in [0.15, 0.2) is 41.8 Å². The molecule has 4 heteroatoms. The number of hydrogen-bond donors (Lipinski definition) is 1. The van der Waals surface area contributed by atoms with Gasteiger partial charge in [0.15, 0.2) is 0 Å². The lowest BCUT2D eigenvalue weighted by atomic mass is 9.95. The summed E-state index contributed by atoms with van der Waals surface area (Å²) in [5.41, 5.74) is 1.92. The first-order valence-electron chi connectivity index (χ1n) is 8.33. The van der Waals surface area contributed by atoms with E-state index in [9.17, 15) is 4.79 Å². The van der Waals surface area contributed by atoms with Gasteiger partial charge in [-0.25, -0.2) is 0 Å². The van der Waals surface area contributed by atoms with Crippen LogP contribution in [0.1, 0.15) is 39.6 Å². The Kier molecular flexibility index (Phi) is 5.47. The van der Waals surface area contributed by atoms with E-state index in [0.29, 0.717) is 0 Å². The molecule has 0 radical (unpaired) electrons. The molecule has 1 aliphatic rings. The van der Waals surface area contributed by atoms with Crippen LogP contribution >= 0.6 is 11.3 Å². The van der Waals surface area contributed by atoms with Crippen LogP contribution in [-0.4, -0.2) is 37.0 Å². The topological polar surface area (TPSA) is 32.3 Å². The average molecular weight is 328 g/mol. The molecule has 0 aliphatic carbocycles. The van der Waals surface area contributed by atoms with Gasteiger partial charge >= 0.3 is 0 Å². The maximum absolute atomic E-state index is 12.1. The number of carbonyl (C=O) groups excluding carboxylic acids is 1. The summed E-state index contributed by atoms with van der Waals surface area (Å²) in [6, 6.07) is 12.1. The van der Waals surface area contributed by atoms with Gasteiger partial charge in [0.25, 0.3) is 5.91 Å². The second-order valence-electron chi connectivity index (χ2n) is 6.25. The minimum atomic E-state index is 0.0264. The molecule has 2 aromatic rings. The van der Waals surface area contributed by atoms with Crippen molar-refractivity contribution in [2.24, 2.45) is 0 Å². The predicted octanol–water partition coefficient (Wildman–Crippen LogP) is 3.67. The number of aryl methyl sites for hydroxylation is 1. The lowest BCUT2D eigenvalue weighted by Crippen LogP contribution is -2.39.